The summed E-state index contributed by atoms with van der Waals surface area (Å²) in [7, 11) is 0. The van der Waals surface area contributed by atoms with Crippen molar-refractivity contribution in [3.8, 4) is 0 Å². The van der Waals surface area contributed by atoms with Crippen LogP contribution in [0.1, 0.15) is 32.6 Å². The zero-order valence-electron chi connectivity index (χ0n) is 8.12. The Morgan fingerprint density at radius 2 is 1.86 bits per heavy atom. The number of ether oxygens (including phenoxy) is 1. The van der Waals surface area contributed by atoms with Crippen LogP contribution >= 0.6 is 0 Å². The molecule has 14 heavy (non-hydrogen) atoms. The molecule has 0 aromatic rings. The van der Waals surface area contributed by atoms with Gasteiger partial charge < -0.3 is 9.84 Å². The van der Waals surface area contributed by atoms with Gasteiger partial charge in [0.1, 0.15) is 0 Å². The van der Waals surface area contributed by atoms with Crippen LogP contribution in [0.2, 0.25) is 0 Å². The highest BCUT2D eigenvalue weighted by molar-refractivity contribution is 6.33. The van der Waals surface area contributed by atoms with Crippen molar-refractivity contribution in [1.29, 1.82) is 0 Å². The number of rotatable bonds is 7. The zero-order valence-corrected chi connectivity index (χ0v) is 8.12. The number of carbonyl (C=O) groups excluding carboxylic acids is 2. The molecule has 0 aliphatic carbocycles. The minimum atomic E-state index is -0.972. The van der Waals surface area contributed by atoms with Gasteiger partial charge in [-0.3, -0.25) is 9.59 Å². The average Bonchev–Trinajstić information content (AvgIpc) is 2.13. The Kier molecular flexibility index (Phi) is 6.36. The van der Waals surface area contributed by atoms with Gasteiger partial charge in [0, 0.05) is 12.8 Å². The zero-order chi connectivity index (χ0) is 11.0. The van der Waals surface area contributed by atoms with E-state index in [1.54, 1.807) is 0 Å². The molecule has 0 bridgehead atoms. The Morgan fingerprint density at radius 3 is 2.36 bits per heavy atom. The molecule has 0 aliphatic heterocycles. The van der Waals surface area contributed by atoms with E-state index in [-0.39, 0.29) is 25.9 Å². The first-order chi connectivity index (χ1) is 6.57. The molecule has 0 saturated carbocycles. The van der Waals surface area contributed by atoms with Gasteiger partial charge in [-0.15, -0.1) is 0 Å². The molecule has 0 heterocycles. The van der Waals surface area contributed by atoms with E-state index in [2.05, 4.69) is 4.74 Å². The first kappa shape index (κ1) is 12.6. The van der Waals surface area contributed by atoms with Crippen LogP contribution in [0.5, 0.6) is 0 Å². The van der Waals surface area contributed by atoms with Crippen molar-refractivity contribution < 1.29 is 24.2 Å². The maximum absolute atomic E-state index is 11.0. The molecule has 0 aromatic heterocycles. The molecule has 1 N–H and O–H groups in total. The SMILES string of the molecule is CCCOC(=O)C(=O)CCCC(=O)O. The largest absolute Gasteiger partial charge is 0.481 e. The summed E-state index contributed by atoms with van der Waals surface area (Å²) in [5.74, 6) is -2.49. The van der Waals surface area contributed by atoms with Crippen LogP contribution in [0.25, 0.3) is 0 Å². The second-order valence-electron chi connectivity index (χ2n) is 2.81. The van der Waals surface area contributed by atoms with Crippen LogP contribution in [0.3, 0.4) is 0 Å². The number of carboxylic acid groups (broad SMARTS) is 1. The number of carbonyl (C=O) groups is 3. The quantitative estimate of drug-likeness (QED) is 0.487. The van der Waals surface area contributed by atoms with Crippen molar-refractivity contribution in [2.24, 2.45) is 0 Å². The predicted molar refractivity (Wildman–Crippen MR) is 47.7 cm³/mol. The second-order valence-corrected chi connectivity index (χ2v) is 2.81. The number of hydrogen-bond donors (Lipinski definition) is 1. The molecule has 0 unspecified atom stereocenters. The van der Waals surface area contributed by atoms with Crippen LogP contribution < -0.4 is 0 Å². The van der Waals surface area contributed by atoms with Gasteiger partial charge >= 0.3 is 11.9 Å². The standard InChI is InChI=1S/C9H14O5/c1-2-6-14-9(13)7(10)4-3-5-8(11)12/h2-6H2,1H3,(H,11,12). The molecular weight excluding hydrogens is 188 g/mol. The summed E-state index contributed by atoms with van der Waals surface area (Å²) in [6, 6.07) is 0. The van der Waals surface area contributed by atoms with Crippen LogP contribution in [0.4, 0.5) is 0 Å². The van der Waals surface area contributed by atoms with E-state index in [0.29, 0.717) is 6.42 Å². The van der Waals surface area contributed by atoms with E-state index in [1.807, 2.05) is 6.92 Å². The molecule has 80 valence electrons. The van der Waals surface area contributed by atoms with E-state index < -0.39 is 17.7 Å². The Morgan fingerprint density at radius 1 is 1.21 bits per heavy atom. The van der Waals surface area contributed by atoms with Crippen LogP contribution in [-0.4, -0.2) is 29.4 Å². The summed E-state index contributed by atoms with van der Waals surface area (Å²) in [5, 5.41) is 8.28. The van der Waals surface area contributed by atoms with Gasteiger partial charge in [0.05, 0.1) is 6.61 Å². The van der Waals surface area contributed by atoms with E-state index in [1.165, 1.54) is 0 Å². The number of Topliss-reactive ketones (excluding diaryl/α,β-unsaturated/α-hetero) is 1. The molecule has 5 nitrogen and oxygen atoms in total. The van der Waals surface area contributed by atoms with E-state index >= 15 is 0 Å². The lowest BCUT2D eigenvalue weighted by Crippen LogP contribution is -2.17. The van der Waals surface area contributed by atoms with E-state index in [0.717, 1.165) is 0 Å². The summed E-state index contributed by atoms with van der Waals surface area (Å²) in [6.07, 6.45) is 0.672. The van der Waals surface area contributed by atoms with Crippen molar-refractivity contribution in [3.63, 3.8) is 0 Å². The molecule has 0 aromatic carbocycles. The molecule has 0 atom stereocenters. The van der Waals surface area contributed by atoms with E-state index in [9.17, 15) is 14.4 Å². The lowest BCUT2D eigenvalue weighted by atomic mass is 10.2. The fourth-order valence-corrected chi connectivity index (χ4v) is 0.777. The number of ketones is 1. The number of aliphatic carboxylic acids is 1. The van der Waals surface area contributed by atoms with E-state index in [4.69, 9.17) is 5.11 Å². The number of carboxylic acids is 1. The third-order valence-corrected chi connectivity index (χ3v) is 1.46. The molecule has 5 heteroatoms. The Hall–Kier alpha value is -1.39. The highest BCUT2D eigenvalue weighted by Gasteiger charge is 2.14. The van der Waals surface area contributed by atoms with Crippen molar-refractivity contribution in [2.75, 3.05) is 6.61 Å². The van der Waals surface area contributed by atoms with Gasteiger partial charge in [-0.2, -0.15) is 0 Å². The minimum absolute atomic E-state index is 0.0607. The minimum Gasteiger partial charge on any atom is -0.481 e. The lowest BCUT2D eigenvalue weighted by Gasteiger charge is -2.00. The lowest BCUT2D eigenvalue weighted by molar-refractivity contribution is -0.154. The molecule has 0 radical (unpaired) electrons. The fourth-order valence-electron chi connectivity index (χ4n) is 0.777. The van der Waals surface area contributed by atoms with Crippen LogP contribution in [0, 0.1) is 0 Å². The molecule has 0 saturated heterocycles. The fraction of sp³-hybridized carbons (Fsp3) is 0.667. The number of hydrogen-bond acceptors (Lipinski definition) is 4. The smallest absolute Gasteiger partial charge is 0.374 e. The van der Waals surface area contributed by atoms with Gasteiger partial charge in [0.15, 0.2) is 0 Å². The first-order valence-electron chi connectivity index (χ1n) is 4.49. The van der Waals surface area contributed by atoms with Crippen LogP contribution in [0.15, 0.2) is 0 Å². The maximum Gasteiger partial charge on any atom is 0.374 e. The summed E-state index contributed by atoms with van der Waals surface area (Å²) >= 11 is 0. The average molecular weight is 202 g/mol. The molecule has 0 amide bonds. The summed E-state index contributed by atoms with van der Waals surface area (Å²) in [6.45, 7) is 2.05. The molecular formula is C9H14O5. The summed E-state index contributed by atoms with van der Waals surface area (Å²) in [5.41, 5.74) is 0. The van der Waals surface area contributed by atoms with Crippen LogP contribution in [-0.2, 0) is 19.1 Å². The Balaban J connectivity index is 3.62. The first-order valence-corrected chi connectivity index (χ1v) is 4.49. The van der Waals surface area contributed by atoms with Gasteiger partial charge in [-0.1, -0.05) is 6.92 Å². The van der Waals surface area contributed by atoms with Crippen molar-refractivity contribution in [2.45, 2.75) is 32.6 Å². The van der Waals surface area contributed by atoms with Crippen molar-refractivity contribution in [1.82, 2.24) is 0 Å². The topological polar surface area (TPSA) is 80.7 Å². The number of esters is 1. The molecule has 0 spiro atoms. The van der Waals surface area contributed by atoms with Gasteiger partial charge in [0.25, 0.3) is 0 Å². The molecule has 0 rings (SSSR count). The van der Waals surface area contributed by atoms with Crippen molar-refractivity contribution in [3.05, 3.63) is 0 Å². The second kappa shape index (κ2) is 7.06. The van der Waals surface area contributed by atoms with Gasteiger partial charge in [-0.25, -0.2) is 4.79 Å². The highest BCUT2D eigenvalue weighted by Crippen LogP contribution is 1.98. The van der Waals surface area contributed by atoms with Gasteiger partial charge in [0.2, 0.25) is 5.78 Å². The van der Waals surface area contributed by atoms with Gasteiger partial charge in [-0.05, 0) is 12.8 Å². The monoisotopic (exact) mass is 202 g/mol. The Labute approximate surface area is 82.1 Å². The summed E-state index contributed by atoms with van der Waals surface area (Å²) < 4.78 is 4.57. The highest BCUT2D eigenvalue weighted by atomic mass is 16.5. The third-order valence-electron chi connectivity index (χ3n) is 1.46. The Bertz CT molecular complexity index is 221. The molecule has 0 fully saturated rings. The third kappa shape index (κ3) is 6.16. The maximum atomic E-state index is 11.0. The van der Waals surface area contributed by atoms with Crippen molar-refractivity contribution >= 4 is 17.7 Å². The molecule has 0 aliphatic rings. The predicted octanol–water partition coefficient (Wildman–Crippen LogP) is 0.764. The normalized spacial score (nSPS) is 9.50. The summed E-state index contributed by atoms with van der Waals surface area (Å²) in [4.78, 5) is 31.9.